The van der Waals surface area contributed by atoms with Crippen LogP contribution >= 0.6 is 0 Å². The zero-order valence-electron chi connectivity index (χ0n) is 14.6. The van der Waals surface area contributed by atoms with Gasteiger partial charge in [-0.3, -0.25) is 4.90 Å². The van der Waals surface area contributed by atoms with Crippen molar-refractivity contribution in [1.82, 2.24) is 10.2 Å². The molecule has 4 heteroatoms. The summed E-state index contributed by atoms with van der Waals surface area (Å²) in [5.41, 5.74) is 1.77. The summed E-state index contributed by atoms with van der Waals surface area (Å²) in [6.07, 6.45) is 3.65. The van der Waals surface area contributed by atoms with Crippen LogP contribution in [0.3, 0.4) is 0 Å². The molecule has 0 aliphatic carbocycles. The Balaban J connectivity index is 1.72. The lowest BCUT2D eigenvalue weighted by Gasteiger charge is -2.24. The number of hydrogen-bond donors (Lipinski definition) is 1. The maximum absolute atomic E-state index is 6.03. The Bertz CT molecular complexity index is 512. The predicted octanol–water partition coefficient (Wildman–Crippen LogP) is 3.06. The third kappa shape index (κ3) is 3.81. The molecule has 2 aliphatic heterocycles. The molecule has 0 radical (unpaired) electrons. The van der Waals surface area contributed by atoms with Crippen LogP contribution in [0.5, 0.6) is 11.5 Å². The standard InChI is InChI=1S/C19H30N2O2/c1-3-12-23-18-16(6-5-7-17(18)22-4-2)13-21-11-9-19(15-21)8-10-20-14-19/h5-7,20H,3-4,8-15H2,1-2H3. The number of nitrogens with zero attached hydrogens (tertiary/aromatic N) is 1. The molecule has 1 spiro atoms. The first kappa shape index (κ1) is 16.6. The Morgan fingerprint density at radius 3 is 2.87 bits per heavy atom. The minimum Gasteiger partial charge on any atom is -0.490 e. The highest BCUT2D eigenvalue weighted by Crippen LogP contribution is 2.38. The highest BCUT2D eigenvalue weighted by molar-refractivity contribution is 5.46. The molecular formula is C19H30N2O2. The van der Waals surface area contributed by atoms with Gasteiger partial charge in [-0.2, -0.15) is 0 Å². The van der Waals surface area contributed by atoms with E-state index in [-0.39, 0.29) is 0 Å². The van der Waals surface area contributed by atoms with E-state index in [0.717, 1.165) is 31.1 Å². The van der Waals surface area contributed by atoms with Crippen LogP contribution < -0.4 is 14.8 Å². The lowest BCUT2D eigenvalue weighted by Crippen LogP contribution is -2.29. The molecule has 1 aromatic rings. The smallest absolute Gasteiger partial charge is 0.165 e. The Morgan fingerprint density at radius 1 is 1.22 bits per heavy atom. The summed E-state index contributed by atoms with van der Waals surface area (Å²) >= 11 is 0. The van der Waals surface area contributed by atoms with Crippen molar-refractivity contribution < 1.29 is 9.47 Å². The lowest BCUT2D eigenvalue weighted by atomic mass is 9.86. The van der Waals surface area contributed by atoms with Crippen molar-refractivity contribution >= 4 is 0 Å². The molecule has 3 rings (SSSR count). The maximum atomic E-state index is 6.03. The molecular weight excluding hydrogens is 288 g/mol. The van der Waals surface area contributed by atoms with E-state index in [9.17, 15) is 0 Å². The molecule has 0 saturated carbocycles. The number of ether oxygens (including phenoxy) is 2. The Labute approximate surface area is 140 Å². The number of para-hydroxylation sites is 1. The van der Waals surface area contributed by atoms with Crippen molar-refractivity contribution in [2.45, 2.75) is 39.7 Å². The van der Waals surface area contributed by atoms with E-state index in [1.54, 1.807) is 0 Å². The first-order valence-electron chi connectivity index (χ1n) is 9.07. The van der Waals surface area contributed by atoms with Crippen molar-refractivity contribution in [2.24, 2.45) is 5.41 Å². The van der Waals surface area contributed by atoms with Crippen molar-refractivity contribution in [3.8, 4) is 11.5 Å². The third-order valence-corrected chi connectivity index (χ3v) is 5.05. The predicted molar refractivity (Wildman–Crippen MR) is 93.2 cm³/mol. The molecule has 4 nitrogen and oxygen atoms in total. The number of benzene rings is 1. The molecule has 1 unspecified atom stereocenters. The fourth-order valence-corrected chi connectivity index (χ4v) is 3.87. The van der Waals surface area contributed by atoms with Gasteiger partial charge in [-0.15, -0.1) is 0 Å². The molecule has 0 amide bonds. The summed E-state index contributed by atoms with van der Waals surface area (Å²) < 4.78 is 11.8. The fraction of sp³-hybridized carbons (Fsp3) is 0.684. The van der Waals surface area contributed by atoms with Crippen molar-refractivity contribution in [2.75, 3.05) is 39.4 Å². The largest absolute Gasteiger partial charge is 0.490 e. The van der Waals surface area contributed by atoms with Gasteiger partial charge in [-0.25, -0.2) is 0 Å². The number of rotatable bonds is 7. The molecule has 1 aromatic carbocycles. The van der Waals surface area contributed by atoms with Gasteiger partial charge in [0.05, 0.1) is 13.2 Å². The second kappa shape index (κ2) is 7.54. The summed E-state index contributed by atoms with van der Waals surface area (Å²) in [6, 6.07) is 6.29. The fourth-order valence-electron chi connectivity index (χ4n) is 3.87. The molecule has 128 valence electrons. The quantitative estimate of drug-likeness (QED) is 0.838. The van der Waals surface area contributed by atoms with E-state index < -0.39 is 0 Å². The molecule has 23 heavy (non-hydrogen) atoms. The van der Waals surface area contributed by atoms with Gasteiger partial charge >= 0.3 is 0 Å². The first-order chi connectivity index (χ1) is 11.3. The zero-order chi connectivity index (χ0) is 16.1. The molecule has 0 bridgehead atoms. The van der Waals surface area contributed by atoms with Crippen molar-refractivity contribution in [3.63, 3.8) is 0 Å². The van der Waals surface area contributed by atoms with Gasteiger partial charge in [0.15, 0.2) is 11.5 Å². The van der Waals surface area contributed by atoms with Crippen LogP contribution in [0, 0.1) is 5.41 Å². The van der Waals surface area contributed by atoms with E-state index >= 15 is 0 Å². The molecule has 1 atom stereocenters. The van der Waals surface area contributed by atoms with Crippen LogP contribution in [0.2, 0.25) is 0 Å². The normalized spacial score (nSPS) is 24.4. The van der Waals surface area contributed by atoms with E-state index in [4.69, 9.17) is 9.47 Å². The monoisotopic (exact) mass is 318 g/mol. The van der Waals surface area contributed by atoms with E-state index in [1.807, 2.05) is 13.0 Å². The average molecular weight is 318 g/mol. The minimum atomic E-state index is 0.516. The molecule has 2 aliphatic rings. The topological polar surface area (TPSA) is 33.7 Å². The Hall–Kier alpha value is -1.26. The number of likely N-dealkylation sites (tertiary alicyclic amines) is 1. The van der Waals surface area contributed by atoms with Crippen LogP contribution in [0.4, 0.5) is 0 Å². The van der Waals surface area contributed by atoms with Crippen molar-refractivity contribution in [1.29, 1.82) is 0 Å². The van der Waals surface area contributed by atoms with Gasteiger partial charge in [-0.1, -0.05) is 19.1 Å². The van der Waals surface area contributed by atoms with Crippen LogP contribution in [-0.4, -0.2) is 44.3 Å². The SMILES string of the molecule is CCCOc1c(CN2CCC3(CCNC3)C2)cccc1OCC. The van der Waals surface area contributed by atoms with Crippen molar-refractivity contribution in [3.05, 3.63) is 23.8 Å². The number of nitrogens with one attached hydrogen (secondary N) is 1. The van der Waals surface area contributed by atoms with Crippen LogP contribution in [0.1, 0.15) is 38.7 Å². The Kier molecular flexibility index (Phi) is 5.44. The van der Waals surface area contributed by atoms with Gasteiger partial charge in [0.2, 0.25) is 0 Å². The molecule has 2 fully saturated rings. The lowest BCUT2D eigenvalue weighted by molar-refractivity contribution is 0.251. The van der Waals surface area contributed by atoms with E-state index in [1.165, 1.54) is 44.6 Å². The summed E-state index contributed by atoms with van der Waals surface area (Å²) in [5.74, 6) is 1.83. The summed E-state index contributed by atoms with van der Waals surface area (Å²) in [5, 5.41) is 3.53. The highest BCUT2D eigenvalue weighted by atomic mass is 16.5. The summed E-state index contributed by atoms with van der Waals surface area (Å²) in [4.78, 5) is 2.58. The van der Waals surface area contributed by atoms with Gasteiger partial charge in [0, 0.05) is 25.2 Å². The summed E-state index contributed by atoms with van der Waals surface area (Å²) in [7, 11) is 0. The van der Waals surface area contributed by atoms with Gasteiger partial charge in [-0.05, 0) is 50.8 Å². The van der Waals surface area contributed by atoms with Gasteiger partial charge < -0.3 is 14.8 Å². The van der Waals surface area contributed by atoms with Crippen LogP contribution in [0.25, 0.3) is 0 Å². The average Bonchev–Trinajstić information content (AvgIpc) is 3.17. The maximum Gasteiger partial charge on any atom is 0.165 e. The van der Waals surface area contributed by atoms with Gasteiger partial charge in [0.1, 0.15) is 0 Å². The molecule has 1 N–H and O–H groups in total. The zero-order valence-corrected chi connectivity index (χ0v) is 14.6. The minimum absolute atomic E-state index is 0.516. The first-order valence-corrected chi connectivity index (χ1v) is 9.07. The second-order valence-electron chi connectivity index (χ2n) is 6.91. The number of hydrogen-bond acceptors (Lipinski definition) is 4. The van der Waals surface area contributed by atoms with Crippen LogP contribution in [-0.2, 0) is 6.54 Å². The molecule has 2 saturated heterocycles. The second-order valence-corrected chi connectivity index (χ2v) is 6.91. The van der Waals surface area contributed by atoms with Gasteiger partial charge in [0.25, 0.3) is 0 Å². The van der Waals surface area contributed by atoms with E-state index in [2.05, 4.69) is 29.3 Å². The summed E-state index contributed by atoms with van der Waals surface area (Å²) in [6.45, 7) is 11.3. The third-order valence-electron chi connectivity index (χ3n) is 5.05. The Morgan fingerprint density at radius 2 is 2.13 bits per heavy atom. The molecule has 0 aromatic heterocycles. The van der Waals surface area contributed by atoms with Crippen LogP contribution in [0.15, 0.2) is 18.2 Å². The highest BCUT2D eigenvalue weighted by Gasteiger charge is 2.40. The van der Waals surface area contributed by atoms with E-state index in [0.29, 0.717) is 12.0 Å². The molecule has 2 heterocycles.